The summed E-state index contributed by atoms with van der Waals surface area (Å²) in [6.07, 6.45) is 1.34. The highest BCUT2D eigenvalue weighted by Crippen LogP contribution is 2.21. The molecule has 0 radical (unpaired) electrons. The second kappa shape index (κ2) is 2.55. The first-order valence-electron chi connectivity index (χ1n) is 2.44. The summed E-state index contributed by atoms with van der Waals surface area (Å²) in [4.78, 5) is 10.6. The molecule has 0 aromatic carbocycles. The molecule has 0 aromatic rings. The van der Waals surface area contributed by atoms with Crippen LogP contribution in [-0.2, 0) is 4.79 Å². The van der Waals surface area contributed by atoms with Crippen LogP contribution in [0.4, 0.5) is 0 Å². The topological polar surface area (TPSA) is 57.5 Å². The van der Waals surface area contributed by atoms with E-state index in [2.05, 4.69) is 0 Å². The number of hydrogen-bond donors (Lipinski definition) is 2. The highest BCUT2D eigenvalue weighted by Gasteiger charge is 2.31. The van der Waals surface area contributed by atoms with E-state index in [1.807, 2.05) is 0 Å². The molecule has 9 heavy (non-hydrogen) atoms. The summed E-state index contributed by atoms with van der Waals surface area (Å²) in [6.45, 7) is 0. The first kappa shape index (κ1) is 6.86. The lowest BCUT2D eigenvalue weighted by atomic mass is 9.83. The molecule has 1 atom stereocenters. The fraction of sp³-hybridized carbons (Fsp3) is 0.250. The van der Waals surface area contributed by atoms with E-state index >= 15 is 0 Å². The van der Waals surface area contributed by atoms with Gasteiger partial charge >= 0.3 is 7.12 Å². The quantitative estimate of drug-likeness (QED) is 0.473. The van der Waals surface area contributed by atoms with E-state index < -0.39 is 12.3 Å². The lowest BCUT2D eigenvalue weighted by molar-refractivity contribution is -0.113. The molecule has 0 amide bonds. The molecule has 1 heterocycles. The fourth-order valence-corrected chi connectivity index (χ4v) is 1.31. The molecular weight excluding hydrogens is 139 g/mol. The summed E-state index contributed by atoms with van der Waals surface area (Å²) in [5.41, 5.74) is 0. The van der Waals surface area contributed by atoms with Gasteiger partial charge in [-0.1, -0.05) is 0 Å². The van der Waals surface area contributed by atoms with Crippen molar-refractivity contribution in [1.82, 2.24) is 0 Å². The van der Waals surface area contributed by atoms with E-state index in [0.717, 1.165) is 11.8 Å². The zero-order valence-corrected chi connectivity index (χ0v) is 5.34. The molecule has 0 saturated heterocycles. The van der Waals surface area contributed by atoms with Crippen LogP contribution in [0.25, 0.3) is 0 Å². The van der Waals surface area contributed by atoms with Crippen molar-refractivity contribution in [1.29, 1.82) is 0 Å². The zero-order chi connectivity index (χ0) is 6.85. The second-order valence-electron chi connectivity index (χ2n) is 1.68. The van der Waals surface area contributed by atoms with E-state index in [-0.39, 0.29) is 5.78 Å². The Labute approximate surface area is 56.9 Å². The highest BCUT2D eigenvalue weighted by atomic mass is 32.2. The van der Waals surface area contributed by atoms with E-state index in [9.17, 15) is 4.79 Å². The minimum Gasteiger partial charge on any atom is -0.426 e. The third-order valence-corrected chi connectivity index (χ3v) is 2.07. The standard InChI is InChI=1S/C4H5BO3S/c6-3-1-2-9-4(3)5(7)8/h1-2,4,7-8H. The first-order valence-corrected chi connectivity index (χ1v) is 3.38. The summed E-state index contributed by atoms with van der Waals surface area (Å²) in [5, 5.41) is 17.9. The van der Waals surface area contributed by atoms with E-state index in [1.54, 1.807) is 5.41 Å². The third kappa shape index (κ3) is 1.35. The van der Waals surface area contributed by atoms with Crippen molar-refractivity contribution in [3.8, 4) is 0 Å². The number of thioether (sulfide) groups is 1. The van der Waals surface area contributed by atoms with Gasteiger partial charge in [0.2, 0.25) is 0 Å². The van der Waals surface area contributed by atoms with Crippen LogP contribution in [0.3, 0.4) is 0 Å². The summed E-state index contributed by atoms with van der Waals surface area (Å²) in [6, 6.07) is 0. The monoisotopic (exact) mass is 144 g/mol. The average molecular weight is 144 g/mol. The van der Waals surface area contributed by atoms with Gasteiger partial charge in [0.25, 0.3) is 0 Å². The molecule has 1 rings (SSSR count). The molecular formula is C4H5BO3S. The van der Waals surface area contributed by atoms with Gasteiger partial charge in [-0.25, -0.2) is 0 Å². The van der Waals surface area contributed by atoms with Crippen molar-refractivity contribution < 1.29 is 14.8 Å². The maximum atomic E-state index is 10.6. The summed E-state index contributed by atoms with van der Waals surface area (Å²) in [5.74, 6) is -0.227. The van der Waals surface area contributed by atoms with Gasteiger partial charge in [0.1, 0.15) is 5.15 Å². The molecule has 5 heteroatoms. The van der Waals surface area contributed by atoms with Gasteiger partial charge in [-0.3, -0.25) is 4.79 Å². The Balaban J connectivity index is 2.56. The van der Waals surface area contributed by atoms with Crippen molar-refractivity contribution in [2.75, 3.05) is 0 Å². The number of carbonyl (C=O) groups excluding carboxylic acids is 1. The molecule has 1 unspecified atom stereocenters. The number of allylic oxidation sites excluding steroid dienone is 1. The van der Waals surface area contributed by atoms with Gasteiger partial charge in [0.05, 0.1) is 0 Å². The number of rotatable bonds is 1. The van der Waals surface area contributed by atoms with Crippen molar-refractivity contribution in [2.24, 2.45) is 0 Å². The van der Waals surface area contributed by atoms with E-state index in [4.69, 9.17) is 10.0 Å². The first-order chi connectivity index (χ1) is 4.22. The van der Waals surface area contributed by atoms with Gasteiger partial charge < -0.3 is 10.0 Å². The van der Waals surface area contributed by atoms with Crippen molar-refractivity contribution in [3.63, 3.8) is 0 Å². The number of hydrogen-bond acceptors (Lipinski definition) is 4. The average Bonchev–Trinajstić information content (AvgIpc) is 2.13. The molecule has 1 aliphatic heterocycles. The fourth-order valence-electron chi connectivity index (χ4n) is 0.570. The Kier molecular flexibility index (Phi) is 1.95. The highest BCUT2D eigenvalue weighted by molar-refractivity contribution is 8.05. The van der Waals surface area contributed by atoms with Crippen LogP contribution in [0.2, 0.25) is 0 Å². The van der Waals surface area contributed by atoms with E-state index in [1.165, 1.54) is 6.08 Å². The number of ketones is 1. The zero-order valence-electron chi connectivity index (χ0n) is 4.52. The second-order valence-corrected chi connectivity index (χ2v) is 2.73. The molecule has 0 aliphatic carbocycles. The summed E-state index contributed by atoms with van der Waals surface area (Å²) >= 11 is 1.13. The Morgan fingerprint density at radius 1 is 1.67 bits per heavy atom. The molecule has 3 nitrogen and oxygen atoms in total. The smallest absolute Gasteiger partial charge is 0.426 e. The van der Waals surface area contributed by atoms with E-state index in [0.29, 0.717) is 0 Å². The minimum absolute atomic E-state index is 0.227. The molecule has 0 fully saturated rings. The Bertz CT molecular complexity index is 156. The van der Waals surface area contributed by atoms with Crippen LogP contribution < -0.4 is 0 Å². The van der Waals surface area contributed by atoms with Crippen molar-refractivity contribution >= 4 is 24.7 Å². The van der Waals surface area contributed by atoms with Gasteiger partial charge in [-0.2, -0.15) is 0 Å². The predicted molar refractivity (Wildman–Crippen MR) is 35.7 cm³/mol. The third-order valence-electron chi connectivity index (χ3n) is 1.01. The van der Waals surface area contributed by atoms with Crippen LogP contribution >= 0.6 is 11.8 Å². The molecule has 0 spiro atoms. The van der Waals surface area contributed by atoms with Gasteiger partial charge in [-0.05, 0) is 11.5 Å². The van der Waals surface area contributed by atoms with Crippen LogP contribution in [0.15, 0.2) is 11.5 Å². The Hall–Kier alpha value is -0.255. The Morgan fingerprint density at radius 2 is 2.33 bits per heavy atom. The van der Waals surface area contributed by atoms with Crippen molar-refractivity contribution in [2.45, 2.75) is 5.15 Å². The SMILES string of the molecule is O=C1C=CSC1B(O)O. The Morgan fingerprint density at radius 3 is 2.56 bits per heavy atom. The maximum absolute atomic E-state index is 10.6. The van der Waals surface area contributed by atoms with Crippen LogP contribution in [-0.4, -0.2) is 28.1 Å². The molecule has 2 N–H and O–H groups in total. The molecule has 48 valence electrons. The van der Waals surface area contributed by atoms with Gasteiger partial charge in [-0.15, -0.1) is 11.8 Å². The lowest BCUT2D eigenvalue weighted by Crippen LogP contribution is -2.32. The maximum Gasteiger partial charge on any atom is 0.473 e. The van der Waals surface area contributed by atoms with Crippen LogP contribution in [0.1, 0.15) is 0 Å². The predicted octanol–water partition coefficient (Wildman–Crippen LogP) is -0.803. The molecule has 0 saturated carbocycles. The van der Waals surface area contributed by atoms with Gasteiger partial charge in [0, 0.05) is 0 Å². The van der Waals surface area contributed by atoms with Crippen LogP contribution in [0.5, 0.6) is 0 Å². The number of carbonyl (C=O) groups is 1. The van der Waals surface area contributed by atoms with Crippen molar-refractivity contribution in [3.05, 3.63) is 11.5 Å². The summed E-state index contributed by atoms with van der Waals surface area (Å²) < 4.78 is 0. The minimum atomic E-state index is -1.53. The molecule has 0 bridgehead atoms. The lowest BCUT2D eigenvalue weighted by Gasteiger charge is -2.02. The van der Waals surface area contributed by atoms with Crippen LogP contribution in [0, 0.1) is 0 Å². The molecule has 1 aliphatic rings. The van der Waals surface area contributed by atoms with Gasteiger partial charge in [0.15, 0.2) is 5.78 Å². The molecule has 0 aromatic heterocycles. The summed E-state index contributed by atoms with van der Waals surface area (Å²) in [7, 11) is -1.53. The largest absolute Gasteiger partial charge is 0.473 e. The normalized spacial score (nSPS) is 25.1.